The second kappa shape index (κ2) is 8.02. The summed E-state index contributed by atoms with van der Waals surface area (Å²) >= 11 is 0. The van der Waals surface area contributed by atoms with Crippen LogP contribution < -0.4 is 14.8 Å². The van der Waals surface area contributed by atoms with E-state index in [1.165, 1.54) is 0 Å². The highest BCUT2D eigenvalue weighted by atomic mass is 16.5. The summed E-state index contributed by atoms with van der Waals surface area (Å²) in [5.41, 5.74) is 0.912. The van der Waals surface area contributed by atoms with E-state index in [1.54, 1.807) is 18.3 Å². The van der Waals surface area contributed by atoms with Gasteiger partial charge in [-0.3, -0.25) is 4.79 Å². The number of benzene rings is 1. The molecule has 0 spiro atoms. The van der Waals surface area contributed by atoms with Crippen molar-refractivity contribution < 1.29 is 14.3 Å². The molecule has 2 aromatic rings. The second-order valence-corrected chi connectivity index (χ2v) is 4.59. The normalized spacial score (nSPS) is 10.1. The van der Waals surface area contributed by atoms with Gasteiger partial charge in [0.05, 0.1) is 19.6 Å². The van der Waals surface area contributed by atoms with Crippen LogP contribution in [-0.4, -0.2) is 24.1 Å². The molecule has 1 aromatic carbocycles. The Hall–Kier alpha value is -2.56. The van der Waals surface area contributed by atoms with E-state index in [4.69, 9.17) is 9.47 Å². The van der Waals surface area contributed by atoms with Crippen molar-refractivity contribution in [3.63, 3.8) is 0 Å². The Balaban J connectivity index is 1.98. The van der Waals surface area contributed by atoms with Crippen LogP contribution in [0.3, 0.4) is 0 Å². The zero-order chi connectivity index (χ0) is 15.8. The molecule has 0 saturated carbocycles. The first-order valence-corrected chi connectivity index (χ1v) is 7.32. The molecule has 1 heterocycles. The monoisotopic (exact) mass is 300 g/mol. The predicted molar refractivity (Wildman–Crippen MR) is 85.4 cm³/mol. The van der Waals surface area contributed by atoms with Gasteiger partial charge in [-0.05, 0) is 43.7 Å². The minimum absolute atomic E-state index is 0.135. The summed E-state index contributed by atoms with van der Waals surface area (Å²) < 4.78 is 10.8. The number of pyridine rings is 1. The zero-order valence-electron chi connectivity index (χ0n) is 12.8. The van der Waals surface area contributed by atoms with Gasteiger partial charge in [-0.2, -0.15) is 0 Å². The van der Waals surface area contributed by atoms with Crippen LogP contribution in [0.1, 0.15) is 19.4 Å². The average molecular weight is 300 g/mol. The van der Waals surface area contributed by atoms with Gasteiger partial charge in [0, 0.05) is 6.20 Å². The molecule has 0 radical (unpaired) electrons. The predicted octanol–water partition coefficient (Wildman–Crippen LogP) is 3.06. The van der Waals surface area contributed by atoms with Crippen LogP contribution in [0.4, 0.5) is 5.82 Å². The Morgan fingerprint density at radius 1 is 1.09 bits per heavy atom. The Morgan fingerprint density at radius 2 is 1.82 bits per heavy atom. The van der Waals surface area contributed by atoms with Gasteiger partial charge in [0.2, 0.25) is 5.91 Å². The molecular weight excluding hydrogens is 280 g/mol. The van der Waals surface area contributed by atoms with E-state index in [0.29, 0.717) is 24.8 Å². The zero-order valence-corrected chi connectivity index (χ0v) is 12.8. The van der Waals surface area contributed by atoms with Gasteiger partial charge in [0.15, 0.2) is 11.6 Å². The number of nitrogens with zero attached hydrogens (tertiary/aromatic N) is 1. The van der Waals surface area contributed by atoms with Crippen molar-refractivity contribution in [1.29, 1.82) is 0 Å². The van der Waals surface area contributed by atoms with E-state index in [2.05, 4.69) is 10.3 Å². The lowest BCUT2D eigenvalue weighted by Gasteiger charge is -2.10. The van der Waals surface area contributed by atoms with E-state index in [9.17, 15) is 4.79 Å². The molecule has 0 atom stereocenters. The third kappa shape index (κ3) is 4.48. The maximum atomic E-state index is 12.1. The third-order valence-corrected chi connectivity index (χ3v) is 2.93. The Labute approximate surface area is 130 Å². The van der Waals surface area contributed by atoms with Crippen LogP contribution in [0.15, 0.2) is 42.6 Å². The van der Waals surface area contributed by atoms with Crippen molar-refractivity contribution in [2.24, 2.45) is 0 Å². The highest BCUT2D eigenvalue weighted by Crippen LogP contribution is 2.21. The van der Waals surface area contributed by atoms with Crippen molar-refractivity contribution in [2.75, 3.05) is 18.5 Å². The van der Waals surface area contributed by atoms with Gasteiger partial charge in [-0.15, -0.1) is 0 Å². The molecule has 1 amide bonds. The first-order chi connectivity index (χ1) is 10.7. The van der Waals surface area contributed by atoms with E-state index < -0.39 is 0 Å². The molecule has 5 nitrogen and oxygen atoms in total. The lowest BCUT2D eigenvalue weighted by Crippen LogP contribution is -2.16. The molecule has 0 unspecified atom stereocenters. The van der Waals surface area contributed by atoms with Gasteiger partial charge in [0.25, 0.3) is 0 Å². The maximum Gasteiger partial charge on any atom is 0.230 e. The van der Waals surface area contributed by atoms with E-state index in [0.717, 1.165) is 11.3 Å². The Kier molecular flexibility index (Phi) is 5.77. The summed E-state index contributed by atoms with van der Waals surface area (Å²) in [6.07, 6.45) is 1.89. The molecule has 2 rings (SSSR count). The number of nitrogens with one attached hydrogen (secondary N) is 1. The molecular formula is C17H20N2O3. The summed E-state index contributed by atoms with van der Waals surface area (Å²) in [5.74, 6) is 1.68. The number of aromatic nitrogens is 1. The number of rotatable bonds is 7. The Bertz CT molecular complexity index is 612. The van der Waals surface area contributed by atoms with Crippen molar-refractivity contribution in [3.05, 3.63) is 48.2 Å². The maximum absolute atomic E-state index is 12.1. The SMILES string of the molecule is CCOc1ccc(CC(=O)Nc2ncccc2OCC)cc1. The molecule has 0 aliphatic heterocycles. The largest absolute Gasteiger partial charge is 0.494 e. The van der Waals surface area contributed by atoms with Gasteiger partial charge < -0.3 is 14.8 Å². The van der Waals surface area contributed by atoms with Crippen LogP contribution in [0.25, 0.3) is 0 Å². The molecule has 0 fully saturated rings. The number of ether oxygens (including phenoxy) is 2. The summed E-state index contributed by atoms with van der Waals surface area (Å²) in [6, 6.07) is 11.0. The molecule has 0 aliphatic carbocycles. The van der Waals surface area contributed by atoms with Crippen molar-refractivity contribution in [3.8, 4) is 11.5 Å². The highest BCUT2D eigenvalue weighted by Gasteiger charge is 2.09. The summed E-state index contributed by atoms with van der Waals surface area (Å²) in [7, 11) is 0. The molecule has 116 valence electrons. The van der Waals surface area contributed by atoms with E-state index >= 15 is 0 Å². The first kappa shape index (κ1) is 15.8. The van der Waals surface area contributed by atoms with Crippen molar-refractivity contribution in [2.45, 2.75) is 20.3 Å². The molecule has 1 aromatic heterocycles. The van der Waals surface area contributed by atoms with Gasteiger partial charge in [-0.1, -0.05) is 12.1 Å². The standard InChI is InChI=1S/C17H20N2O3/c1-3-21-14-9-7-13(8-10-14)12-16(20)19-17-15(22-4-2)6-5-11-18-17/h5-11H,3-4,12H2,1-2H3,(H,18,19,20). The van der Waals surface area contributed by atoms with Crippen molar-refractivity contribution in [1.82, 2.24) is 4.98 Å². The van der Waals surface area contributed by atoms with Crippen molar-refractivity contribution >= 4 is 11.7 Å². The summed E-state index contributed by atoms with van der Waals surface area (Å²) in [5, 5.41) is 2.78. The van der Waals surface area contributed by atoms with Crippen LogP contribution in [-0.2, 0) is 11.2 Å². The third-order valence-electron chi connectivity index (χ3n) is 2.93. The van der Waals surface area contributed by atoms with Gasteiger partial charge in [-0.25, -0.2) is 4.98 Å². The summed E-state index contributed by atoms with van der Waals surface area (Å²) in [4.78, 5) is 16.3. The smallest absolute Gasteiger partial charge is 0.230 e. The number of amides is 1. The number of hydrogen-bond donors (Lipinski definition) is 1. The molecule has 0 saturated heterocycles. The van der Waals surface area contributed by atoms with Crippen LogP contribution >= 0.6 is 0 Å². The van der Waals surface area contributed by atoms with Gasteiger partial charge in [0.1, 0.15) is 5.75 Å². The quantitative estimate of drug-likeness (QED) is 0.853. The second-order valence-electron chi connectivity index (χ2n) is 4.59. The number of carbonyl (C=O) groups excluding carboxylic acids is 1. The van der Waals surface area contributed by atoms with Crippen LogP contribution in [0.2, 0.25) is 0 Å². The summed E-state index contributed by atoms with van der Waals surface area (Å²) in [6.45, 7) is 4.97. The highest BCUT2D eigenvalue weighted by molar-refractivity contribution is 5.92. The van der Waals surface area contributed by atoms with Gasteiger partial charge >= 0.3 is 0 Å². The lowest BCUT2D eigenvalue weighted by molar-refractivity contribution is -0.115. The Morgan fingerprint density at radius 3 is 2.50 bits per heavy atom. The van der Waals surface area contributed by atoms with Crippen LogP contribution in [0.5, 0.6) is 11.5 Å². The molecule has 0 aliphatic rings. The average Bonchev–Trinajstić information content (AvgIpc) is 2.52. The van der Waals surface area contributed by atoms with Crippen LogP contribution in [0, 0.1) is 0 Å². The molecule has 22 heavy (non-hydrogen) atoms. The first-order valence-electron chi connectivity index (χ1n) is 7.32. The minimum atomic E-state index is -0.135. The minimum Gasteiger partial charge on any atom is -0.494 e. The lowest BCUT2D eigenvalue weighted by atomic mass is 10.1. The number of hydrogen-bond acceptors (Lipinski definition) is 4. The fraction of sp³-hybridized carbons (Fsp3) is 0.294. The van der Waals surface area contributed by atoms with E-state index in [1.807, 2.05) is 38.1 Å². The number of carbonyl (C=O) groups is 1. The fourth-order valence-corrected chi connectivity index (χ4v) is 1.99. The number of anilines is 1. The molecule has 1 N–H and O–H groups in total. The van der Waals surface area contributed by atoms with E-state index in [-0.39, 0.29) is 12.3 Å². The molecule has 5 heteroatoms. The molecule has 0 bridgehead atoms. The topological polar surface area (TPSA) is 60.5 Å². The fourth-order valence-electron chi connectivity index (χ4n) is 1.99.